The standard InChI is InChI=1S/C23H29N5O.HI/c1-3-29-18-20-11-9-19(10-12-20)15-25-23(24-2)26-16-21-7-4-5-8-22(21)17-28-14-6-13-27-28;/h4-14H,3,15-18H2,1-2H3,(H2,24,25,26);1H. The highest BCUT2D eigenvalue weighted by Gasteiger charge is 2.05. The lowest BCUT2D eigenvalue weighted by Gasteiger charge is -2.14. The summed E-state index contributed by atoms with van der Waals surface area (Å²) in [4.78, 5) is 4.34. The summed E-state index contributed by atoms with van der Waals surface area (Å²) in [5.41, 5.74) is 4.86. The van der Waals surface area contributed by atoms with Crippen molar-refractivity contribution in [3.05, 3.63) is 89.2 Å². The van der Waals surface area contributed by atoms with Crippen LogP contribution in [-0.4, -0.2) is 29.4 Å². The van der Waals surface area contributed by atoms with E-state index in [1.54, 1.807) is 13.2 Å². The van der Waals surface area contributed by atoms with E-state index in [9.17, 15) is 0 Å². The van der Waals surface area contributed by atoms with E-state index in [-0.39, 0.29) is 24.0 Å². The van der Waals surface area contributed by atoms with Crippen LogP contribution in [0.1, 0.15) is 29.2 Å². The molecule has 30 heavy (non-hydrogen) atoms. The van der Waals surface area contributed by atoms with Crippen LogP contribution in [0.5, 0.6) is 0 Å². The highest BCUT2D eigenvalue weighted by Crippen LogP contribution is 2.10. The van der Waals surface area contributed by atoms with Gasteiger partial charge in [-0.1, -0.05) is 48.5 Å². The molecule has 0 fully saturated rings. The van der Waals surface area contributed by atoms with Crippen molar-refractivity contribution in [2.24, 2.45) is 4.99 Å². The van der Waals surface area contributed by atoms with E-state index < -0.39 is 0 Å². The zero-order valence-corrected chi connectivity index (χ0v) is 19.9. The van der Waals surface area contributed by atoms with Gasteiger partial charge in [-0.25, -0.2) is 0 Å². The van der Waals surface area contributed by atoms with Gasteiger partial charge >= 0.3 is 0 Å². The lowest BCUT2D eigenvalue weighted by molar-refractivity contribution is 0.134. The molecule has 2 N–H and O–H groups in total. The summed E-state index contributed by atoms with van der Waals surface area (Å²) in [5, 5.41) is 11.1. The smallest absolute Gasteiger partial charge is 0.191 e. The predicted molar refractivity (Wildman–Crippen MR) is 132 cm³/mol. The fraction of sp³-hybridized carbons (Fsp3) is 0.304. The molecule has 0 saturated carbocycles. The van der Waals surface area contributed by atoms with Crippen LogP contribution in [0.4, 0.5) is 0 Å². The first-order valence-electron chi connectivity index (χ1n) is 9.92. The molecular formula is C23H30IN5O. The summed E-state index contributed by atoms with van der Waals surface area (Å²) >= 11 is 0. The van der Waals surface area contributed by atoms with Gasteiger partial charge in [0.05, 0.1) is 13.2 Å². The van der Waals surface area contributed by atoms with E-state index in [0.29, 0.717) is 19.7 Å². The minimum atomic E-state index is 0. The van der Waals surface area contributed by atoms with Crippen LogP contribution in [-0.2, 0) is 31.0 Å². The minimum absolute atomic E-state index is 0. The predicted octanol–water partition coefficient (Wildman–Crippen LogP) is 3.95. The fourth-order valence-corrected chi connectivity index (χ4v) is 3.01. The van der Waals surface area contributed by atoms with Gasteiger partial charge in [0.1, 0.15) is 0 Å². The van der Waals surface area contributed by atoms with Crippen LogP contribution in [0.2, 0.25) is 0 Å². The Morgan fingerprint density at radius 2 is 1.67 bits per heavy atom. The van der Waals surface area contributed by atoms with Crippen molar-refractivity contribution >= 4 is 29.9 Å². The molecule has 6 nitrogen and oxygen atoms in total. The zero-order chi connectivity index (χ0) is 20.3. The molecule has 1 heterocycles. The summed E-state index contributed by atoms with van der Waals surface area (Å²) in [5.74, 6) is 0.775. The van der Waals surface area contributed by atoms with Crippen LogP contribution < -0.4 is 10.6 Å². The van der Waals surface area contributed by atoms with Gasteiger partial charge in [-0.2, -0.15) is 5.10 Å². The van der Waals surface area contributed by atoms with Gasteiger partial charge in [0.15, 0.2) is 5.96 Å². The van der Waals surface area contributed by atoms with Crippen molar-refractivity contribution in [3.63, 3.8) is 0 Å². The monoisotopic (exact) mass is 519 g/mol. The highest BCUT2D eigenvalue weighted by molar-refractivity contribution is 14.0. The topological polar surface area (TPSA) is 63.5 Å². The quantitative estimate of drug-likeness (QED) is 0.255. The fourth-order valence-electron chi connectivity index (χ4n) is 3.01. The lowest BCUT2D eigenvalue weighted by Crippen LogP contribution is -2.36. The SMILES string of the molecule is CCOCc1ccc(CNC(=NC)NCc2ccccc2Cn2cccn2)cc1.I. The summed E-state index contributed by atoms with van der Waals surface area (Å²) in [7, 11) is 1.79. The Kier molecular flexibility index (Phi) is 10.4. The number of nitrogens with one attached hydrogen (secondary N) is 2. The maximum absolute atomic E-state index is 5.44. The van der Waals surface area contributed by atoms with Gasteiger partial charge in [0, 0.05) is 39.1 Å². The Labute approximate surface area is 195 Å². The summed E-state index contributed by atoms with van der Waals surface area (Å²) in [6.45, 7) is 5.56. The molecule has 0 saturated heterocycles. The molecule has 3 rings (SSSR count). The molecule has 1 aromatic heterocycles. The Morgan fingerprint density at radius 1 is 0.967 bits per heavy atom. The number of benzene rings is 2. The molecule has 0 bridgehead atoms. The maximum Gasteiger partial charge on any atom is 0.191 e. The van der Waals surface area contributed by atoms with Gasteiger partial charge in [-0.05, 0) is 35.2 Å². The van der Waals surface area contributed by atoms with Gasteiger partial charge in [0.2, 0.25) is 0 Å². The molecule has 3 aromatic rings. The van der Waals surface area contributed by atoms with Crippen LogP contribution >= 0.6 is 24.0 Å². The van der Waals surface area contributed by atoms with Crippen molar-refractivity contribution in [1.82, 2.24) is 20.4 Å². The van der Waals surface area contributed by atoms with E-state index in [2.05, 4.69) is 69.3 Å². The second-order valence-electron chi connectivity index (χ2n) is 6.71. The van der Waals surface area contributed by atoms with Crippen LogP contribution in [0.15, 0.2) is 72.0 Å². The Hall–Kier alpha value is -2.39. The number of halogens is 1. The van der Waals surface area contributed by atoms with E-state index in [1.807, 2.05) is 23.9 Å². The molecule has 0 atom stereocenters. The van der Waals surface area contributed by atoms with E-state index in [4.69, 9.17) is 4.74 Å². The number of aromatic nitrogens is 2. The van der Waals surface area contributed by atoms with Crippen LogP contribution in [0.3, 0.4) is 0 Å². The molecule has 0 radical (unpaired) electrons. The maximum atomic E-state index is 5.44. The number of rotatable bonds is 9. The molecule has 0 aliphatic heterocycles. The normalized spacial score (nSPS) is 11.1. The minimum Gasteiger partial charge on any atom is -0.377 e. The average molecular weight is 519 g/mol. The molecule has 160 valence electrons. The van der Waals surface area contributed by atoms with Crippen molar-refractivity contribution < 1.29 is 4.74 Å². The third-order valence-electron chi connectivity index (χ3n) is 4.64. The number of hydrogen-bond donors (Lipinski definition) is 2. The van der Waals surface area contributed by atoms with Crippen molar-refractivity contribution in [3.8, 4) is 0 Å². The molecule has 7 heteroatoms. The molecular weight excluding hydrogens is 489 g/mol. The van der Waals surface area contributed by atoms with Crippen LogP contribution in [0.25, 0.3) is 0 Å². The van der Waals surface area contributed by atoms with Crippen molar-refractivity contribution in [2.45, 2.75) is 33.2 Å². The average Bonchev–Trinajstić information content (AvgIpc) is 3.27. The Balaban J connectivity index is 0.00000320. The molecule has 0 unspecified atom stereocenters. The second kappa shape index (κ2) is 13.0. The number of aliphatic imine (C=N–C) groups is 1. The summed E-state index contributed by atoms with van der Waals surface area (Å²) < 4.78 is 7.37. The van der Waals surface area contributed by atoms with Crippen LogP contribution in [0, 0.1) is 0 Å². The number of ether oxygens (including phenoxy) is 1. The Morgan fingerprint density at radius 3 is 2.33 bits per heavy atom. The first kappa shape index (κ1) is 23.9. The number of guanidine groups is 1. The van der Waals surface area contributed by atoms with Gasteiger partial charge < -0.3 is 15.4 Å². The van der Waals surface area contributed by atoms with Crippen molar-refractivity contribution in [2.75, 3.05) is 13.7 Å². The first-order chi connectivity index (χ1) is 14.3. The van der Waals surface area contributed by atoms with Crippen molar-refractivity contribution in [1.29, 1.82) is 0 Å². The molecule has 0 aliphatic carbocycles. The zero-order valence-electron chi connectivity index (χ0n) is 17.5. The molecule has 0 spiro atoms. The van der Waals surface area contributed by atoms with E-state index >= 15 is 0 Å². The molecule has 0 aliphatic rings. The largest absolute Gasteiger partial charge is 0.377 e. The molecule has 2 aromatic carbocycles. The highest BCUT2D eigenvalue weighted by atomic mass is 127. The first-order valence-corrected chi connectivity index (χ1v) is 9.92. The third kappa shape index (κ3) is 7.46. The third-order valence-corrected chi connectivity index (χ3v) is 4.64. The van der Waals surface area contributed by atoms with Gasteiger partial charge in [-0.15, -0.1) is 24.0 Å². The number of hydrogen-bond acceptors (Lipinski definition) is 3. The Bertz CT molecular complexity index is 894. The summed E-state index contributed by atoms with van der Waals surface area (Å²) in [6, 6.07) is 18.8. The summed E-state index contributed by atoms with van der Waals surface area (Å²) in [6.07, 6.45) is 3.78. The van der Waals surface area contributed by atoms with Gasteiger partial charge in [0.25, 0.3) is 0 Å². The van der Waals surface area contributed by atoms with Gasteiger partial charge in [-0.3, -0.25) is 9.67 Å². The van der Waals surface area contributed by atoms with E-state index in [0.717, 1.165) is 19.1 Å². The number of nitrogens with zero attached hydrogens (tertiary/aromatic N) is 3. The van der Waals surface area contributed by atoms with E-state index in [1.165, 1.54) is 22.3 Å². The lowest BCUT2D eigenvalue weighted by atomic mass is 10.1. The molecule has 0 amide bonds. The second-order valence-corrected chi connectivity index (χ2v) is 6.71.